The van der Waals surface area contributed by atoms with E-state index in [1.807, 2.05) is 0 Å². The normalized spacial score (nSPS) is 10.7. The molecule has 1 aromatic heterocycles. The number of nitro benzene ring substituents is 1. The first kappa shape index (κ1) is 9.30. The fourth-order valence-electron chi connectivity index (χ4n) is 1.22. The van der Waals surface area contributed by atoms with Gasteiger partial charge in [0.1, 0.15) is 10.0 Å². The van der Waals surface area contributed by atoms with Crippen LogP contribution in [0.1, 0.15) is 0 Å². The first-order valence-electron chi connectivity index (χ1n) is 3.62. The fourth-order valence-corrected chi connectivity index (χ4v) is 1.87. The third-order valence-electron chi connectivity index (χ3n) is 1.82. The van der Waals surface area contributed by atoms with Gasteiger partial charge in [-0.2, -0.15) is 0 Å². The van der Waals surface area contributed by atoms with Gasteiger partial charge in [-0.1, -0.05) is 23.2 Å². The highest BCUT2D eigenvalue weighted by molar-refractivity contribution is 6.42. The third-order valence-corrected chi connectivity index (χ3v) is 2.48. The maximum atomic E-state index is 10.6. The Hall–Kier alpha value is -1.26. The second-order valence-corrected chi connectivity index (χ2v) is 3.42. The van der Waals surface area contributed by atoms with Crippen LogP contribution in [0.3, 0.4) is 0 Å². The van der Waals surface area contributed by atoms with Crippen LogP contribution in [0, 0.1) is 16.2 Å². The topological polar surface area (TPSA) is 58.9 Å². The van der Waals surface area contributed by atoms with E-state index < -0.39 is 4.92 Å². The minimum absolute atomic E-state index is 0.0127. The molecule has 6 heteroatoms. The molecule has 0 saturated heterocycles. The molecule has 0 fully saturated rings. The van der Waals surface area contributed by atoms with E-state index in [0.29, 0.717) is 10.9 Å². The maximum absolute atomic E-state index is 10.6. The lowest BCUT2D eigenvalue weighted by Gasteiger charge is -1.99. The zero-order chi connectivity index (χ0) is 10.3. The number of nitro groups is 1. The fraction of sp³-hybridized carbons (Fsp3) is 0. The summed E-state index contributed by atoms with van der Waals surface area (Å²) in [4.78, 5) is 12.8. The van der Waals surface area contributed by atoms with Gasteiger partial charge in [0.05, 0.1) is 4.92 Å². The van der Waals surface area contributed by atoms with Gasteiger partial charge in [-0.05, 0) is 6.07 Å². The summed E-state index contributed by atoms with van der Waals surface area (Å²) in [5.74, 6) is 0. The SMILES string of the molecule is O=[N+]([O-])c1c(Cl)cc2[nH]c[c]c2c1Cl. The summed E-state index contributed by atoms with van der Waals surface area (Å²) in [7, 11) is 0. The first-order valence-corrected chi connectivity index (χ1v) is 4.38. The van der Waals surface area contributed by atoms with Crippen molar-refractivity contribution in [3.63, 3.8) is 0 Å². The van der Waals surface area contributed by atoms with Crippen LogP contribution in [0.2, 0.25) is 10.0 Å². The lowest BCUT2D eigenvalue weighted by Crippen LogP contribution is -1.90. The lowest BCUT2D eigenvalue weighted by molar-refractivity contribution is -0.384. The minimum Gasteiger partial charge on any atom is -0.360 e. The predicted octanol–water partition coefficient (Wildman–Crippen LogP) is 3.18. The molecular formula is C8H3Cl2N2O2. The number of hydrogen-bond acceptors (Lipinski definition) is 2. The van der Waals surface area contributed by atoms with Gasteiger partial charge in [0.25, 0.3) is 0 Å². The lowest BCUT2D eigenvalue weighted by atomic mass is 10.2. The van der Waals surface area contributed by atoms with Gasteiger partial charge >= 0.3 is 5.69 Å². The molecule has 1 N–H and O–H groups in total. The molecule has 1 heterocycles. The third kappa shape index (κ3) is 1.23. The van der Waals surface area contributed by atoms with Crippen molar-refractivity contribution >= 4 is 39.8 Å². The number of nitrogens with zero attached hydrogens (tertiary/aromatic N) is 1. The van der Waals surface area contributed by atoms with Gasteiger partial charge in [-0.15, -0.1) is 0 Å². The van der Waals surface area contributed by atoms with Crippen molar-refractivity contribution < 1.29 is 4.92 Å². The zero-order valence-electron chi connectivity index (χ0n) is 6.67. The Morgan fingerprint density at radius 3 is 2.86 bits per heavy atom. The Kier molecular flexibility index (Phi) is 2.09. The number of halogens is 2. The van der Waals surface area contributed by atoms with E-state index in [9.17, 15) is 10.1 Å². The Bertz CT molecular complexity index is 521. The van der Waals surface area contributed by atoms with Crippen molar-refractivity contribution in [3.8, 4) is 0 Å². The summed E-state index contributed by atoms with van der Waals surface area (Å²) in [5, 5.41) is 11.1. The van der Waals surface area contributed by atoms with Crippen LogP contribution in [0.5, 0.6) is 0 Å². The van der Waals surface area contributed by atoms with Crippen LogP contribution in [-0.4, -0.2) is 9.91 Å². The van der Waals surface area contributed by atoms with Crippen molar-refractivity contribution in [1.29, 1.82) is 0 Å². The number of nitrogens with one attached hydrogen (secondary N) is 1. The molecule has 0 unspecified atom stereocenters. The molecule has 0 bridgehead atoms. The molecule has 1 aromatic carbocycles. The summed E-state index contributed by atoms with van der Waals surface area (Å²) in [6, 6.07) is 4.22. The number of aromatic amines is 1. The molecule has 0 aliphatic rings. The Balaban J connectivity index is 2.89. The van der Waals surface area contributed by atoms with Gasteiger partial charge < -0.3 is 4.98 Å². The molecule has 4 nitrogen and oxygen atoms in total. The highest BCUT2D eigenvalue weighted by Crippen LogP contribution is 2.37. The van der Waals surface area contributed by atoms with Crippen LogP contribution < -0.4 is 0 Å². The van der Waals surface area contributed by atoms with Gasteiger partial charge in [0, 0.05) is 23.2 Å². The van der Waals surface area contributed by atoms with Crippen LogP contribution >= 0.6 is 23.2 Å². The van der Waals surface area contributed by atoms with Crippen molar-refractivity contribution in [2.45, 2.75) is 0 Å². The van der Waals surface area contributed by atoms with E-state index in [1.165, 1.54) is 12.3 Å². The predicted molar refractivity (Wildman–Crippen MR) is 53.8 cm³/mol. The number of fused-ring (bicyclic) bond motifs is 1. The number of rotatable bonds is 1. The van der Waals surface area contributed by atoms with Gasteiger partial charge in [-0.3, -0.25) is 10.1 Å². The zero-order valence-corrected chi connectivity index (χ0v) is 8.19. The number of hydrogen-bond donors (Lipinski definition) is 1. The first-order chi connectivity index (χ1) is 6.61. The summed E-state index contributed by atoms with van der Waals surface area (Å²) < 4.78 is 0. The van der Waals surface area contributed by atoms with E-state index in [1.54, 1.807) is 0 Å². The van der Waals surface area contributed by atoms with E-state index in [0.717, 1.165) is 0 Å². The quantitative estimate of drug-likeness (QED) is 0.604. The number of benzene rings is 1. The second kappa shape index (κ2) is 3.15. The molecule has 0 saturated carbocycles. The molecule has 0 spiro atoms. The number of aromatic nitrogens is 1. The molecule has 2 rings (SSSR count). The Morgan fingerprint density at radius 2 is 2.21 bits per heavy atom. The van der Waals surface area contributed by atoms with Crippen molar-refractivity contribution in [1.82, 2.24) is 4.98 Å². The van der Waals surface area contributed by atoms with Crippen molar-refractivity contribution in [2.75, 3.05) is 0 Å². The molecule has 0 amide bonds. The molecule has 0 aliphatic carbocycles. The smallest absolute Gasteiger partial charge is 0.307 e. The standard InChI is InChI=1S/C8H3Cl2N2O2/c9-5-3-6-4(1-2-11-6)7(10)8(5)12(13)14/h2-3,11H. The van der Waals surface area contributed by atoms with Gasteiger partial charge in [0.15, 0.2) is 0 Å². The molecule has 14 heavy (non-hydrogen) atoms. The van der Waals surface area contributed by atoms with Crippen LogP contribution in [0.4, 0.5) is 5.69 Å². The summed E-state index contributed by atoms with van der Waals surface area (Å²) in [5.41, 5.74) is 0.349. The Labute approximate surface area is 88.6 Å². The molecule has 2 aromatic rings. The van der Waals surface area contributed by atoms with E-state index >= 15 is 0 Å². The largest absolute Gasteiger partial charge is 0.360 e. The van der Waals surface area contributed by atoms with E-state index in [-0.39, 0.29) is 15.7 Å². The van der Waals surface area contributed by atoms with Gasteiger partial charge in [0.2, 0.25) is 0 Å². The molecule has 0 aliphatic heterocycles. The highest BCUT2D eigenvalue weighted by atomic mass is 35.5. The number of H-pyrrole nitrogens is 1. The molecule has 0 atom stereocenters. The minimum atomic E-state index is -0.606. The molecule has 71 valence electrons. The van der Waals surface area contributed by atoms with Crippen LogP contribution in [0.25, 0.3) is 10.9 Å². The summed E-state index contributed by atoms with van der Waals surface area (Å²) in [6.07, 6.45) is 1.52. The maximum Gasteiger partial charge on any atom is 0.307 e. The molecule has 1 radical (unpaired) electrons. The average Bonchev–Trinajstić information content (AvgIpc) is 2.50. The van der Waals surface area contributed by atoms with Crippen LogP contribution in [-0.2, 0) is 0 Å². The second-order valence-electron chi connectivity index (χ2n) is 2.63. The van der Waals surface area contributed by atoms with Crippen molar-refractivity contribution in [2.24, 2.45) is 0 Å². The van der Waals surface area contributed by atoms with Crippen LogP contribution in [0.15, 0.2) is 12.3 Å². The van der Waals surface area contributed by atoms with Crippen molar-refractivity contribution in [3.05, 3.63) is 38.5 Å². The highest BCUT2D eigenvalue weighted by Gasteiger charge is 2.21. The summed E-state index contributed by atoms with van der Waals surface area (Å²) in [6.45, 7) is 0. The van der Waals surface area contributed by atoms with E-state index in [4.69, 9.17) is 23.2 Å². The average molecular weight is 230 g/mol. The summed E-state index contributed by atoms with van der Waals surface area (Å²) >= 11 is 11.5. The Morgan fingerprint density at radius 1 is 1.50 bits per heavy atom. The monoisotopic (exact) mass is 229 g/mol. The van der Waals surface area contributed by atoms with Gasteiger partial charge in [-0.25, -0.2) is 0 Å². The molecular weight excluding hydrogens is 227 g/mol. The van der Waals surface area contributed by atoms with E-state index in [2.05, 4.69) is 11.1 Å².